The van der Waals surface area contributed by atoms with Crippen molar-refractivity contribution in [1.29, 1.82) is 0 Å². The average molecular weight is 360 g/mol. The minimum absolute atomic E-state index is 0.112. The number of hydrogen-bond donors (Lipinski definition) is 1. The molecule has 4 heteroatoms. The minimum atomic E-state index is 0.112. The molecular formula is C21H29NO2S. The van der Waals surface area contributed by atoms with Crippen LogP contribution in [0.25, 0.3) is 0 Å². The third kappa shape index (κ3) is 5.60. The summed E-state index contributed by atoms with van der Waals surface area (Å²) in [6.45, 7) is 0. The second-order valence-electron chi connectivity index (χ2n) is 7.40. The molecule has 1 aromatic carbocycles. The van der Waals surface area contributed by atoms with Crippen molar-refractivity contribution in [3.63, 3.8) is 0 Å². The minimum Gasteiger partial charge on any atom is -0.326 e. The van der Waals surface area contributed by atoms with Gasteiger partial charge in [0.1, 0.15) is 0 Å². The van der Waals surface area contributed by atoms with Crippen LogP contribution in [0.1, 0.15) is 74.6 Å². The molecule has 0 spiro atoms. The lowest BCUT2D eigenvalue weighted by Gasteiger charge is -2.21. The fourth-order valence-corrected chi connectivity index (χ4v) is 5.11. The summed E-state index contributed by atoms with van der Waals surface area (Å²) in [5, 5.41) is 3.66. The summed E-state index contributed by atoms with van der Waals surface area (Å²) < 4.78 is 0. The summed E-state index contributed by atoms with van der Waals surface area (Å²) in [4.78, 5) is 24.9. The van der Waals surface area contributed by atoms with E-state index in [1.54, 1.807) is 11.8 Å². The largest absolute Gasteiger partial charge is 0.326 e. The number of nitrogens with one attached hydrogen (secondary N) is 1. The van der Waals surface area contributed by atoms with Gasteiger partial charge < -0.3 is 5.32 Å². The van der Waals surface area contributed by atoms with Gasteiger partial charge in [-0.2, -0.15) is 11.8 Å². The number of ketones is 1. The highest BCUT2D eigenvalue weighted by Crippen LogP contribution is 2.29. The predicted molar refractivity (Wildman–Crippen MR) is 105 cm³/mol. The predicted octanol–water partition coefficient (Wildman–Crippen LogP) is 5.45. The molecule has 2 aliphatic carbocycles. The number of rotatable bonds is 6. The van der Waals surface area contributed by atoms with Crippen molar-refractivity contribution in [3.05, 3.63) is 29.8 Å². The second-order valence-corrected chi connectivity index (χ2v) is 8.69. The Morgan fingerprint density at radius 1 is 0.960 bits per heavy atom. The molecule has 1 N–H and O–H groups in total. The molecule has 0 saturated heterocycles. The van der Waals surface area contributed by atoms with Gasteiger partial charge in [0, 0.05) is 22.4 Å². The van der Waals surface area contributed by atoms with Crippen molar-refractivity contribution in [2.24, 2.45) is 5.92 Å². The van der Waals surface area contributed by atoms with Gasteiger partial charge in [-0.1, -0.05) is 50.7 Å². The average Bonchev–Trinajstić information content (AvgIpc) is 2.68. The number of anilines is 1. The summed E-state index contributed by atoms with van der Waals surface area (Å²) in [7, 11) is 0. The molecule has 2 saturated carbocycles. The van der Waals surface area contributed by atoms with Crippen molar-refractivity contribution < 1.29 is 9.59 Å². The lowest BCUT2D eigenvalue weighted by molar-refractivity contribution is -0.120. The number of carbonyl (C=O) groups is 2. The highest BCUT2D eigenvalue weighted by atomic mass is 32.2. The van der Waals surface area contributed by atoms with E-state index in [4.69, 9.17) is 0 Å². The van der Waals surface area contributed by atoms with Crippen molar-refractivity contribution in [3.8, 4) is 0 Å². The molecule has 0 radical (unpaired) electrons. The first-order valence-electron chi connectivity index (χ1n) is 9.78. The standard InChI is InChI=1S/C21H29NO2S/c23-20(15-25-19-12-5-2-6-13-19)17-10-7-11-18(14-17)22-21(24)16-8-3-1-4-9-16/h7,10-11,14,16,19H,1-6,8-9,12-13,15H2,(H,22,24). The lowest BCUT2D eigenvalue weighted by atomic mass is 9.88. The molecule has 1 amide bonds. The number of Topliss-reactive ketones (excluding diaryl/α,β-unsaturated/α-hetero) is 1. The Bertz CT molecular complexity index is 589. The molecule has 2 aliphatic rings. The van der Waals surface area contributed by atoms with Gasteiger partial charge >= 0.3 is 0 Å². The van der Waals surface area contributed by atoms with Gasteiger partial charge in [-0.15, -0.1) is 0 Å². The third-order valence-electron chi connectivity index (χ3n) is 5.43. The number of amides is 1. The number of thioether (sulfide) groups is 1. The molecule has 0 unspecified atom stereocenters. The van der Waals surface area contributed by atoms with E-state index in [9.17, 15) is 9.59 Å². The summed E-state index contributed by atoms with van der Waals surface area (Å²) in [6, 6.07) is 7.45. The normalized spacial score (nSPS) is 19.5. The van der Waals surface area contributed by atoms with E-state index in [1.807, 2.05) is 24.3 Å². The van der Waals surface area contributed by atoms with E-state index in [-0.39, 0.29) is 17.6 Å². The maximum atomic E-state index is 12.5. The monoisotopic (exact) mass is 359 g/mol. The Labute approximate surface area is 155 Å². The fourth-order valence-electron chi connectivity index (χ4n) is 3.89. The first kappa shape index (κ1) is 18.5. The molecule has 1 aromatic rings. The smallest absolute Gasteiger partial charge is 0.227 e. The number of hydrogen-bond acceptors (Lipinski definition) is 3. The van der Waals surface area contributed by atoms with Gasteiger partial charge in [-0.25, -0.2) is 0 Å². The van der Waals surface area contributed by atoms with Crippen LogP contribution in [-0.4, -0.2) is 22.7 Å². The van der Waals surface area contributed by atoms with E-state index in [0.717, 1.165) is 31.4 Å². The Kier molecular flexibility index (Phi) is 6.97. The zero-order valence-electron chi connectivity index (χ0n) is 15.0. The van der Waals surface area contributed by atoms with E-state index in [1.165, 1.54) is 38.5 Å². The lowest BCUT2D eigenvalue weighted by Crippen LogP contribution is -2.24. The van der Waals surface area contributed by atoms with Crippen LogP contribution in [0.4, 0.5) is 5.69 Å². The van der Waals surface area contributed by atoms with Crippen molar-refractivity contribution >= 4 is 29.1 Å². The van der Waals surface area contributed by atoms with Crippen LogP contribution in [0, 0.1) is 5.92 Å². The van der Waals surface area contributed by atoms with Gasteiger partial charge in [-0.05, 0) is 37.8 Å². The highest BCUT2D eigenvalue weighted by molar-refractivity contribution is 8.00. The van der Waals surface area contributed by atoms with Gasteiger partial charge in [-0.3, -0.25) is 9.59 Å². The molecule has 3 nitrogen and oxygen atoms in total. The molecule has 0 bridgehead atoms. The van der Waals surface area contributed by atoms with Crippen molar-refractivity contribution in [2.75, 3.05) is 11.1 Å². The summed E-state index contributed by atoms with van der Waals surface area (Å²) in [6.07, 6.45) is 11.9. The summed E-state index contributed by atoms with van der Waals surface area (Å²) in [5.41, 5.74) is 1.47. The fraction of sp³-hybridized carbons (Fsp3) is 0.619. The molecule has 25 heavy (non-hydrogen) atoms. The van der Waals surface area contributed by atoms with E-state index >= 15 is 0 Å². The van der Waals surface area contributed by atoms with Crippen LogP contribution >= 0.6 is 11.8 Å². The van der Waals surface area contributed by atoms with Crippen molar-refractivity contribution in [1.82, 2.24) is 0 Å². The zero-order valence-corrected chi connectivity index (χ0v) is 15.8. The van der Waals surface area contributed by atoms with Crippen LogP contribution in [0.2, 0.25) is 0 Å². The second kappa shape index (κ2) is 9.42. The van der Waals surface area contributed by atoms with Crippen molar-refractivity contribution in [2.45, 2.75) is 69.5 Å². The van der Waals surface area contributed by atoms with Crippen LogP contribution in [0.5, 0.6) is 0 Å². The first-order valence-corrected chi connectivity index (χ1v) is 10.8. The summed E-state index contributed by atoms with van der Waals surface area (Å²) >= 11 is 1.81. The maximum Gasteiger partial charge on any atom is 0.227 e. The van der Waals surface area contributed by atoms with Crippen LogP contribution in [0.15, 0.2) is 24.3 Å². The van der Waals surface area contributed by atoms with E-state index in [0.29, 0.717) is 16.6 Å². The molecule has 0 aliphatic heterocycles. The molecule has 136 valence electrons. The topological polar surface area (TPSA) is 46.2 Å². The number of benzene rings is 1. The number of carbonyl (C=O) groups excluding carboxylic acids is 2. The third-order valence-corrected chi connectivity index (χ3v) is 6.80. The Balaban J connectivity index is 1.52. The molecule has 2 fully saturated rings. The molecule has 0 heterocycles. The van der Waals surface area contributed by atoms with Crippen LogP contribution in [0.3, 0.4) is 0 Å². The zero-order chi connectivity index (χ0) is 17.5. The van der Waals surface area contributed by atoms with Gasteiger partial charge in [0.25, 0.3) is 0 Å². The van der Waals surface area contributed by atoms with Crippen LogP contribution in [-0.2, 0) is 4.79 Å². The molecule has 3 rings (SSSR count). The Hall–Kier alpha value is -1.29. The van der Waals surface area contributed by atoms with Crippen LogP contribution < -0.4 is 5.32 Å². The molecular weight excluding hydrogens is 330 g/mol. The first-order chi connectivity index (χ1) is 12.2. The van der Waals surface area contributed by atoms with Gasteiger partial charge in [0.15, 0.2) is 5.78 Å². The Morgan fingerprint density at radius 3 is 2.36 bits per heavy atom. The van der Waals surface area contributed by atoms with Gasteiger partial charge in [0.05, 0.1) is 5.75 Å². The maximum absolute atomic E-state index is 12.5. The highest BCUT2D eigenvalue weighted by Gasteiger charge is 2.21. The summed E-state index contributed by atoms with van der Waals surface area (Å²) in [5.74, 6) is 0.963. The Morgan fingerprint density at radius 2 is 1.64 bits per heavy atom. The SMILES string of the molecule is O=C(CSC1CCCCC1)c1cccc(NC(=O)C2CCCCC2)c1. The molecule has 0 atom stereocenters. The quantitative estimate of drug-likeness (QED) is 0.687. The molecule has 0 aromatic heterocycles. The van der Waals surface area contributed by atoms with E-state index < -0.39 is 0 Å². The van der Waals surface area contributed by atoms with Gasteiger partial charge in [0.2, 0.25) is 5.91 Å². The van der Waals surface area contributed by atoms with E-state index in [2.05, 4.69) is 5.32 Å².